The fourth-order valence-corrected chi connectivity index (χ4v) is 1.77. The number of hydrogen-bond donors (Lipinski definition) is 1. The van der Waals surface area contributed by atoms with Crippen LogP contribution >= 0.6 is 0 Å². The minimum absolute atomic E-state index is 0.611. The zero-order valence-electron chi connectivity index (χ0n) is 10.1. The van der Waals surface area contributed by atoms with Crippen molar-refractivity contribution < 1.29 is 0 Å². The third kappa shape index (κ3) is 2.57. The van der Waals surface area contributed by atoms with Crippen LogP contribution in [0, 0.1) is 0 Å². The molecule has 0 radical (unpaired) electrons. The van der Waals surface area contributed by atoms with Gasteiger partial charge in [0.15, 0.2) is 0 Å². The van der Waals surface area contributed by atoms with Crippen LogP contribution in [0.3, 0.4) is 0 Å². The largest absolute Gasteiger partial charge is 0.378 e. The number of nitrogens with one attached hydrogen (secondary N) is 1. The highest BCUT2D eigenvalue weighted by Gasteiger charge is 2.04. The van der Waals surface area contributed by atoms with E-state index in [0.717, 1.165) is 17.1 Å². The molecule has 1 aromatic carbocycles. The molecule has 0 bridgehead atoms. The van der Waals surface area contributed by atoms with E-state index in [0.29, 0.717) is 6.54 Å². The highest BCUT2D eigenvalue weighted by Crippen LogP contribution is 2.19. The minimum atomic E-state index is 0.611. The Morgan fingerprint density at radius 1 is 1.11 bits per heavy atom. The topological polar surface area (TPSA) is 68.5 Å². The maximum absolute atomic E-state index is 4.23. The maximum Gasteiger partial charge on any atom is 0.0894 e. The number of rotatable bonds is 4. The molecule has 3 aromatic rings. The Bertz CT molecular complexity index is 635. The zero-order chi connectivity index (χ0) is 12.9. The lowest BCUT2D eigenvalue weighted by Gasteiger charge is -2.10. The Morgan fingerprint density at radius 3 is 2.84 bits per heavy atom. The van der Waals surface area contributed by atoms with Crippen molar-refractivity contribution in [1.82, 2.24) is 25.0 Å². The molecule has 0 aliphatic rings. The molecule has 3 rings (SSSR count). The fourth-order valence-electron chi connectivity index (χ4n) is 1.77. The molecule has 2 aromatic heterocycles. The van der Waals surface area contributed by atoms with Gasteiger partial charge in [-0.2, -0.15) is 0 Å². The maximum atomic E-state index is 4.23. The number of hydrogen-bond acceptors (Lipinski definition) is 5. The van der Waals surface area contributed by atoms with E-state index in [4.69, 9.17) is 0 Å². The van der Waals surface area contributed by atoms with Gasteiger partial charge in [0.25, 0.3) is 0 Å². The standard InChI is InChI=1S/C13H12N6/c1-2-4-13(19-8-7-17-18-19)12(3-1)16-10-11-9-14-5-6-15-11/h1-9,16H,10H2. The van der Waals surface area contributed by atoms with Gasteiger partial charge in [-0.3, -0.25) is 9.97 Å². The summed E-state index contributed by atoms with van der Waals surface area (Å²) >= 11 is 0. The van der Waals surface area contributed by atoms with E-state index in [2.05, 4.69) is 25.6 Å². The second-order valence-corrected chi connectivity index (χ2v) is 3.92. The molecule has 0 saturated carbocycles. The first-order valence-corrected chi connectivity index (χ1v) is 5.88. The summed E-state index contributed by atoms with van der Waals surface area (Å²) in [6.07, 6.45) is 8.54. The van der Waals surface area contributed by atoms with E-state index >= 15 is 0 Å². The normalized spacial score (nSPS) is 10.3. The molecule has 1 N–H and O–H groups in total. The number of para-hydroxylation sites is 2. The smallest absolute Gasteiger partial charge is 0.0894 e. The van der Waals surface area contributed by atoms with Crippen molar-refractivity contribution in [2.45, 2.75) is 6.54 Å². The van der Waals surface area contributed by atoms with Gasteiger partial charge in [-0.05, 0) is 12.1 Å². The van der Waals surface area contributed by atoms with Crippen LogP contribution in [0.5, 0.6) is 0 Å². The van der Waals surface area contributed by atoms with Crippen LogP contribution in [0.25, 0.3) is 5.69 Å². The Kier molecular flexibility index (Phi) is 3.14. The molecular weight excluding hydrogens is 240 g/mol. The van der Waals surface area contributed by atoms with Crippen molar-refractivity contribution in [1.29, 1.82) is 0 Å². The molecule has 0 unspecified atom stereocenters. The lowest BCUT2D eigenvalue weighted by molar-refractivity contribution is 0.803. The molecule has 6 nitrogen and oxygen atoms in total. The summed E-state index contributed by atoms with van der Waals surface area (Å²) < 4.78 is 1.72. The lowest BCUT2D eigenvalue weighted by atomic mass is 10.2. The van der Waals surface area contributed by atoms with Crippen molar-refractivity contribution in [3.63, 3.8) is 0 Å². The van der Waals surface area contributed by atoms with Crippen LogP contribution in [0.1, 0.15) is 5.69 Å². The van der Waals surface area contributed by atoms with E-state index in [1.807, 2.05) is 30.5 Å². The van der Waals surface area contributed by atoms with Gasteiger partial charge < -0.3 is 5.32 Å². The SMILES string of the molecule is c1ccc(-n2ccnn2)c(NCc2cnccn2)c1. The second kappa shape index (κ2) is 5.26. The summed E-state index contributed by atoms with van der Waals surface area (Å²) in [6, 6.07) is 7.91. The Balaban J connectivity index is 1.82. The van der Waals surface area contributed by atoms with Crippen LogP contribution in [0.4, 0.5) is 5.69 Å². The summed E-state index contributed by atoms with van der Waals surface area (Å²) in [6.45, 7) is 0.611. The van der Waals surface area contributed by atoms with Crippen molar-refractivity contribution in [2.24, 2.45) is 0 Å². The van der Waals surface area contributed by atoms with Crippen molar-refractivity contribution >= 4 is 5.69 Å². The molecular formula is C13H12N6. The first-order chi connectivity index (χ1) is 9.43. The van der Waals surface area contributed by atoms with Gasteiger partial charge in [-0.25, -0.2) is 4.68 Å². The number of benzene rings is 1. The lowest BCUT2D eigenvalue weighted by Crippen LogP contribution is -2.06. The van der Waals surface area contributed by atoms with Crippen LogP contribution in [-0.4, -0.2) is 25.0 Å². The first kappa shape index (κ1) is 11.3. The summed E-state index contributed by atoms with van der Waals surface area (Å²) in [7, 11) is 0. The van der Waals surface area contributed by atoms with Gasteiger partial charge in [0.05, 0.1) is 42.2 Å². The monoisotopic (exact) mass is 252 g/mol. The van der Waals surface area contributed by atoms with E-state index in [-0.39, 0.29) is 0 Å². The van der Waals surface area contributed by atoms with Crippen molar-refractivity contribution in [3.8, 4) is 5.69 Å². The molecule has 19 heavy (non-hydrogen) atoms. The Morgan fingerprint density at radius 2 is 2.05 bits per heavy atom. The van der Waals surface area contributed by atoms with Crippen molar-refractivity contribution in [3.05, 3.63) is 60.9 Å². The number of anilines is 1. The summed E-state index contributed by atoms with van der Waals surface area (Å²) in [5, 5.41) is 11.1. The van der Waals surface area contributed by atoms with E-state index in [9.17, 15) is 0 Å². The molecule has 0 amide bonds. The average Bonchev–Trinajstić information content (AvgIpc) is 3.01. The first-order valence-electron chi connectivity index (χ1n) is 5.88. The number of aromatic nitrogens is 5. The molecule has 0 saturated heterocycles. The van der Waals surface area contributed by atoms with Gasteiger partial charge >= 0.3 is 0 Å². The van der Waals surface area contributed by atoms with Gasteiger partial charge in [0.2, 0.25) is 0 Å². The average molecular weight is 252 g/mol. The van der Waals surface area contributed by atoms with Crippen LogP contribution in [0.15, 0.2) is 55.2 Å². The van der Waals surface area contributed by atoms with Gasteiger partial charge in [-0.15, -0.1) is 5.10 Å². The van der Waals surface area contributed by atoms with E-state index < -0.39 is 0 Å². The minimum Gasteiger partial charge on any atom is -0.378 e. The predicted octanol–water partition coefficient (Wildman–Crippen LogP) is 1.67. The molecule has 0 aliphatic carbocycles. The quantitative estimate of drug-likeness (QED) is 0.765. The third-order valence-corrected chi connectivity index (χ3v) is 2.65. The third-order valence-electron chi connectivity index (χ3n) is 2.65. The van der Waals surface area contributed by atoms with Gasteiger partial charge in [0, 0.05) is 12.4 Å². The van der Waals surface area contributed by atoms with Gasteiger partial charge in [-0.1, -0.05) is 17.3 Å². The summed E-state index contributed by atoms with van der Waals surface area (Å²) in [5.74, 6) is 0. The molecule has 0 spiro atoms. The fraction of sp³-hybridized carbons (Fsp3) is 0.0769. The zero-order valence-corrected chi connectivity index (χ0v) is 10.1. The summed E-state index contributed by atoms with van der Waals surface area (Å²) in [4.78, 5) is 8.27. The molecule has 0 atom stereocenters. The summed E-state index contributed by atoms with van der Waals surface area (Å²) in [5.41, 5.74) is 2.80. The molecule has 94 valence electrons. The molecule has 6 heteroatoms. The molecule has 0 fully saturated rings. The molecule has 0 aliphatic heterocycles. The Hall–Kier alpha value is -2.76. The van der Waals surface area contributed by atoms with E-state index in [1.165, 1.54) is 0 Å². The highest BCUT2D eigenvalue weighted by atomic mass is 15.4. The Labute approximate surface area is 110 Å². The van der Waals surface area contributed by atoms with E-state index in [1.54, 1.807) is 29.5 Å². The van der Waals surface area contributed by atoms with Crippen molar-refractivity contribution in [2.75, 3.05) is 5.32 Å². The predicted molar refractivity (Wildman–Crippen MR) is 70.7 cm³/mol. The second-order valence-electron chi connectivity index (χ2n) is 3.92. The van der Waals surface area contributed by atoms with Crippen LogP contribution in [0.2, 0.25) is 0 Å². The van der Waals surface area contributed by atoms with Crippen LogP contribution in [-0.2, 0) is 6.54 Å². The molecule has 2 heterocycles. The van der Waals surface area contributed by atoms with Gasteiger partial charge in [0.1, 0.15) is 0 Å². The van der Waals surface area contributed by atoms with Crippen LogP contribution < -0.4 is 5.32 Å². The number of nitrogens with zero attached hydrogens (tertiary/aromatic N) is 5. The highest BCUT2D eigenvalue weighted by molar-refractivity contribution is 5.60.